The third-order valence-corrected chi connectivity index (χ3v) is 1.78. The molecule has 1 N–H and O–H groups in total. The summed E-state index contributed by atoms with van der Waals surface area (Å²) >= 11 is -0.219. The van der Waals surface area contributed by atoms with Crippen LogP contribution in [-0.2, 0) is 0 Å². The molecule has 14 heavy (non-hydrogen) atoms. The minimum atomic E-state index is -0.616. The Balaban J connectivity index is 3.15. The van der Waals surface area contributed by atoms with E-state index in [-0.39, 0.29) is 29.3 Å². The molecule has 0 saturated carbocycles. The van der Waals surface area contributed by atoms with Gasteiger partial charge in [-0.15, -0.1) is 3.89 Å². The Kier molecular flexibility index (Phi) is 3.25. The van der Waals surface area contributed by atoms with E-state index in [1.54, 1.807) is 6.07 Å². The Morgan fingerprint density at radius 2 is 2.36 bits per heavy atom. The lowest BCUT2D eigenvalue weighted by atomic mass is 10.2. The average Bonchev–Trinajstić information content (AvgIpc) is 2.18. The molecule has 0 aliphatic carbocycles. The molecule has 0 aliphatic rings. The van der Waals surface area contributed by atoms with Crippen molar-refractivity contribution >= 4 is 23.7 Å². The molecule has 0 radical (unpaired) electrons. The lowest BCUT2D eigenvalue weighted by Crippen LogP contribution is -1.92. The lowest BCUT2D eigenvalue weighted by molar-refractivity contribution is -0.384. The van der Waals surface area contributed by atoms with Crippen LogP contribution in [0.1, 0.15) is 5.56 Å². The van der Waals surface area contributed by atoms with Crippen molar-refractivity contribution < 1.29 is 8.81 Å². The standard InChI is InChI=1S/C7H4FN3O2S/c8-14-10-7-3-6(11(12)13)2-1-5(7)4-9/h1-3,10H. The van der Waals surface area contributed by atoms with Crippen LogP contribution in [0.2, 0.25) is 0 Å². The topological polar surface area (TPSA) is 79.0 Å². The maximum absolute atomic E-state index is 11.9. The zero-order valence-corrected chi connectivity index (χ0v) is 7.55. The number of nitro groups is 1. The van der Waals surface area contributed by atoms with Crippen molar-refractivity contribution in [2.75, 3.05) is 4.72 Å². The molecule has 7 heteroatoms. The van der Waals surface area contributed by atoms with E-state index < -0.39 is 4.92 Å². The summed E-state index contributed by atoms with van der Waals surface area (Å²) in [6.45, 7) is 0. The number of nitrogens with one attached hydrogen (secondary N) is 1. The normalized spacial score (nSPS) is 9.14. The van der Waals surface area contributed by atoms with Gasteiger partial charge in [0.1, 0.15) is 6.07 Å². The molecule has 5 nitrogen and oxygen atoms in total. The highest BCUT2D eigenvalue weighted by molar-refractivity contribution is 7.95. The Hall–Kier alpha value is -1.81. The molecule has 0 bridgehead atoms. The fraction of sp³-hybridized carbons (Fsp3) is 0. The van der Waals surface area contributed by atoms with E-state index in [4.69, 9.17) is 5.26 Å². The number of nitro benzene ring substituents is 1. The molecule has 1 rings (SSSR count). The molecule has 0 aromatic heterocycles. The molecule has 0 unspecified atom stereocenters. The molecule has 72 valence electrons. The van der Waals surface area contributed by atoms with Gasteiger partial charge in [0.25, 0.3) is 5.69 Å². The Labute approximate surface area is 83.1 Å². The highest BCUT2D eigenvalue weighted by Crippen LogP contribution is 2.24. The molecule has 0 amide bonds. The molecule has 1 aromatic carbocycles. The van der Waals surface area contributed by atoms with Crippen LogP contribution in [0.5, 0.6) is 0 Å². The highest BCUT2D eigenvalue weighted by Gasteiger charge is 2.10. The third kappa shape index (κ3) is 2.11. The van der Waals surface area contributed by atoms with Crippen molar-refractivity contribution in [1.29, 1.82) is 5.26 Å². The van der Waals surface area contributed by atoms with Crippen molar-refractivity contribution in [2.24, 2.45) is 0 Å². The van der Waals surface area contributed by atoms with E-state index in [2.05, 4.69) is 4.72 Å². The minimum Gasteiger partial charge on any atom is -0.301 e. The number of rotatable bonds is 3. The Morgan fingerprint density at radius 3 is 2.86 bits per heavy atom. The third-order valence-electron chi connectivity index (χ3n) is 1.48. The van der Waals surface area contributed by atoms with Crippen LogP contribution < -0.4 is 4.72 Å². The second-order valence-corrected chi connectivity index (χ2v) is 2.64. The fourth-order valence-corrected chi connectivity index (χ4v) is 1.12. The van der Waals surface area contributed by atoms with Crippen molar-refractivity contribution in [3.05, 3.63) is 33.9 Å². The van der Waals surface area contributed by atoms with Gasteiger partial charge in [-0.05, 0) is 6.07 Å². The first-order chi connectivity index (χ1) is 6.69. The number of hydrogen-bond acceptors (Lipinski definition) is 5. The molecular formula is C7H4FN3O2S. The van der Waals surface area contributed by atoms with E-state index in [1.807, 2.05) is 0 Å². The quantitative estimate of drug-likeness (QED) is 0.473. The summed E-state index contributed by atoms with van der Waals surface area (Å²) in [4.78, 5) is 9.74. The Bertz CT molecular complexity index is 404. The first-order valence-electron chi connectivity index (χ1n) is 3.41. The van der Waals surface area contributed by atoms with E-state index in [0.29, 0.717) is 0 Å². The highest BCUT2D eigenvalue weighted by atomic mass is 32.2. The zero-order chi connectivity index (χ0) is 10.6. The van der Waals surface area contributed by atoms with Gasteiger partial charge in [-0.1, -0.05) is 0 Å². The van der Waals surface area contributed by atoms with E-state index in [1.165, 1.54) is 12.1 Å². The van der Waals surface area contributed by atoms with Gasteiger partial charge in [-0.3, -0.25) is 10.1 Å². The molecule has 0 aliphatic heterocycles. The molecular weight excluding hydrogens is 209 g/mol. The largest absolute Gasteiger partial charge is 0.301 e. The minimum absolute atomic E-state index is 0.0919. The maximum Gasteiger partial charge on any atom is 0.271 e. The summed E-state index contributed by atoms with van der Waals surface area (Å²) in [6.07, 6.45) is 0. The van der Waals surface area contributed by atoms with Gasteiger partial charge in [0.05, 0.1) is 16.2 Å². The van der Waals surface area contributed by atoms with Crippen LogP contribution in [0.15, 0.2) is 18.2 Å². The van der Waals surface area contributed by atoms with Crippen molar-refractivity contribution in [3.63, 3.8) is 0 Å². The second-order valence-electron chi connectivity index (χ2n) is 2.28. The first-order valence-corrected chi connectivity index (χ1v) is 4.13. The lowest BCUT2D eigenvalue weighted by Gasteiger charge is -2.01. The predicted octanol–water partition coefficient (Wildman–Crippen LogP) is 2.41. The van der Waals surface area contributed by atoms with Crippen LogP contribution in [-0.4, -0.2) is 4.92 Å². The molecule has 0 atom stereocenters. The van der Waals surface area contributed by atoms with Crippen molar-refractivity contribution in [1.82, 2.24) is 0 Å². The second kappa shape index (κ2) is 4.43. The summed E-state index contributed by atoms with van der Waals surface area (Å²) in [7, 11) is 0. The number of halogens is 1. The molecule has 0 spiro atoms. The van der Waals surface area contributed by atoms with Crippen LogP contribution in [0, 0.1) is 21.4 Å². The molecule has 0 fully saturated rings. The van der Waals surface area contributed by atoms with Gasteiger partial charge in [0.15, 0.2) is 12.3 Å². The van der Waals surface area contributed by atoms with Crippen LogP contribution in [0.4, 0.5) is 15.3 Å². The summed E-state index contributed by atoms with van der Waals surface area (Å²) < 4.78 is 14.0. The first kappa shape index (κ1) is 10.3. The molecule has 0 saturated heterocycles. The smallest absolute Gasteiger partial charge is 0.271 e. The number of nitrogens with zero attached hydrogens (tertiary/aromatic N) is 2. The summed E-state index contributed by atoms with van der Waals surface area (Å²) in [5.74, 6) is 0. The monoisotopic (exact) mass is 213 g/mol. The fourth-order valence-electron chi connectivity index (χ4n) is 0.869. The van der Waals surface area contributed by atoms with Gasteiger partial charge in [0.2, 0.25) is 0 Å². The van der Waals surface area contributed by atoms with Gasteiger partial charge >= 0.3 is 0 Å². The summed E-state index contributed by atoms with van der Waals surface area (Å²) in [5, 5.41) is 18.9. The van der Waals surface area contributed by atoms with E-state index >= 15 is 0 Å². The van der Waals surface area contributed by atoms with Gasteiger partial charge in [0, 0.05) is 12.1 Å². The van der Waals surface area contributed by atoms with Crippen LogP contribution in [0.25, 0.3) is 0 Å². The number of nitriles is 1. The molecule has 0 heterocycles. The SMILES string of the molecule is N#Cc1ccc([N+](=O)[O-])cc1NSF. The molecule has 1 aromatic rings. The maximum atomic E-state index is 11.9. The van der Waals surface area contributed by atoms with Crippen LogP contribution in [0.3, 0.4) is 0 Å². The van der Waals surface area contributed by atoms with Crippen molar-refractivity contribution in [2.45, 2.75) is 0 Å². The Morgan fingerprint density at radius 1 is 1.64 bits per heavy atom. The average molecular weight is 213 g/mol. The van der Waals surface area contributed by atoms with Crippen LogP contribution >= 0.6 is 12.3 Å². The summed E-state index contributed by atoms with van der Waals surface area (Å²) in [6, 6.07) is 5.33. The number of hydrogen-bond donors (Lipinski definition) is 1. The van der Waals surface area contributed by atoms with E-state index in [0.717, 1.165) is 6.07 Å². The van der Waals surface area contributed by atoms with Crippen molar-refractivity contribution in [3.8, 4) is 6.07 Å². The van der Waals surface area contributed by atoms with Gasteiger partial charge < -0.3 is 4.72 Å². The number of benzene rings is 1. The predicted molar refractivity (Wildman–Crippen MR) is 50.1 cm³/mol. The van der Waals surface area contributed by atoms with Gasteiger partial charge in [-0.25, -0.2) is 0 Å². The number of anilines is 1. The van der Waals surface area contributed by atoms with Gasteiger partial charge in [-0.2, -0.15) is 5.26 Å². The summed E-state index contributed by atoms with van der Waals surface area (Å²) in [5.41, 5.74) is 0.0514. The van der Waals surface area contributed by atoms with E-state index in [9.17, 15) is 14.0 Å². The zero-order valence-electron chi connectivity index (χ0n) is 6.73. The number of non-ortho nitro benzene ring substituents is 1.